The van der Waals surface area contributed by atoms with Crippen LogP contribution in [0.2, 0.25) is 0 Å². The van der Waals surface area contributed by atoms with Gasteiger partial charge >= 0.3 is 0 Å². The van der Waals surface area contributed by atoms with E-state index in [1.54, 1.807) is 0 Å². The Morgan fingerprint density at radius 2 is 1.71 bits per heavy atom. The first-order valence-electron chi connectivity index (χ1n) is 7.26. The SMILES string of the molecule is C/C=C\C=C/c1cc2cc(C)ccc2n1-c1ccccc1. The Kier molecular flexibility index (Phi) is 3.74. The molecule has 0 amide bonds. The summed E-state index contributed by atoms with van der Waals surface area (Å²) in [6.07, 6.45) is 8.33. The summed E-state index contributed by atoms with van der Waals surface area (Å²) in [4.78, 5) is 0. The second kappa shape index (κ2) is 5.84. The first-order chi connectivity index (χ1) is 10.3. The molecule has 0 bridgehead atoms. The summed E-state index contributed by atoms with van der Waals surface area (Å²) in [5.41, 5.74) is 4.92. The molecule has 0 radical (unpaired) electrons. The normalized spacial score (nSPS) is 11.9. The number of aryl methyl sites for hydroxylation is 1. The second-order valence-electron chi connectivity index (χ2n) is 5.19. The third-order valence-electron chi connectivity index (χ3n) is 3.57. The van der Waals surface area contributed by atoms with E-state index in [1.807, 2.05) is 13.0 Å². The fraction of sp³-hybridized carbons (Fsp3) is 0.100. The van der Waals surface area contributed by atoms with Crippen molar-refractivity contribution in [3.63, 3.8) is 0 Å². The van der Waals surface area contributed by atoms with Crippen LogP contribution in [0.1, 0.15) is 18.2 Å². The predicted molar refractivity (Wildman–Crippen MR) is 91.9 cm³/mol. The van der Waals surface area contributed by atoms with E-state index < -0.39 is 0 Å². The number of allylic oxidation sites excluding steroid dienone is 3. The highest BCUT2D eigenvalue weighted by atomic mass is 15.0. The predicted octanol–water partition coefficient (Wildman–Crippen LogP) is 5.53. The molecule has 3 aromatic rings. The van der Waals surface area contributed by atoms with E-state index in [0.29, 0.717) is 0 Å². The van der Waals surface area contributed by atoms with E-state index >= 15 is 0 Å². The van der Waals surface area contributed by atoms with E-state index in [4.69, 9.17) is 0 Å². The number of fused-ring (bicyclic) bond motifs is 1. The van der Waals surface area contributed by atoms with Crippen LogP contribution in [0, 0.1) is 6.92 Å². The maximum Gasteiger partial charge on any atom is 0.0534 e. The van der Waals surface area contributed by atoms with Crippen molar-refractivity contribution in [1.29, 1.82) is 0 Å². The van der Waals surface area contributed by atoms with Gasteiger partial charge in [0.15, 0.2) is 0 Å². The standard InChI is InChI=1S/C20H19N/c1-3-4-6-11-19-15-17-14-16(2)12-13-20(17)21(19)18-9-7-5-8-10-18/h3-15H,1-2H3/b4-3-,11-6-. The summed E-state index contributed by atoms with van der Waals surface area (Å²) < 4.78 is 2.30. The van der Waals surface area contributed by atoms with Gasteiger partial charge in [-0.1, -0.05) is 48.1 Å². The van der Waals surface area contributed by atoms with Gasteiger partial charge in [-0.25, -0.2) is 0 Å². The van der Waals surface area contributed by atoms with Gasteiger partial charge in [-0.3, -0.25) is 0 Å². The summed E-state index contributed by atoms with van der Waals surface area (Å²) in [5, 5.41) is 1.28. The molecule has 0 saturated carbocycles. The van der Waals surface area contributed by atoms with E-state index in [0.717, 1.165) is 0 Å². The number of rotatable bonds is 3. The largest absolute Gasteiger partial charge is 0.310 e. The third-order valence-corrected chi connectivity index (χ3v) is 3.57. The van der Waals surface area contributed by atoms with Crippen LogP contribution in [0.25, 0.3) is 22.7 Å². The van der Waals surface area contributed by atoms with Crippen molar-refractivity contribution in [2.45, 2.75) is 13.8 Å². The highest BCUT2D eigenvalue weighted by Crippen LogP contribution is 2.26. The molecule has 0 fully saturated rings. The van der Waals surface area contributed by atoms with Gasteiger partial charge in [0.05, 0.1) is 5.52 Å². The molecule has 0 saturated heterocycles. The van der Waals surface area contributed by atoms with Gasteiger partial charge in [0.1, 0.15) is 0 Å². The number of hydrogen-bond acceptors (Lipinski definition) is 0. The van der Waals surface area contributed by atoms with Gasteiger partial charge in [0, 0.05) is 16.8 Å². The molecule has 3 rings (SSSR count). The highest BCUT2D eigenvalue weighted by molar-refractivity contribution is 5.86. The van der Waals surface area contributed by atoms with Gasteiger partial charge < -0.3 is 4.57 Å². The summed E-state index contributed by atoms with van der Waals surface area (Å²) in [6, 6.07) is 19.3. The maximum atomic E-state index is 2.30. The van der Waals surface area contributed by atoms with Crippen molar-refractivity contribution in [2.75, 3.05) is 0 Å². The quantitative estimate of drug-likeness (QED) is 0.553. The molecule has 0 aliphatic carbocycles. The van der Waals surface area contributed by atoms with Crippen LogP contribution in [0.3, 0.4) is 0 Å². The molecule has 0 spiro atoms. The van der Waals surface area contributed by atoms with E-state index in [-0.39, 0.29) is 0 Å². The fourth-order valence-electron chi connectivity index (χ4n) is 2.61. The minimum atomic E-state index is 1.19. The van der Waals surface area contributed by atoms with Crippen molar-refractivity contribution < 1.29 is 0 Å². The molecule has 0 N–H and O–H groups in total. The summed E-state index contributed by atoms with van der Waals surface area (Å²) in [7, 11) is 0. The lowest BCUT2D eigenvalue weighted by Gasteiger charge is -2.08. The maximum absolute atomic E-state index is 2.30. The Bertz CT molecular complexity index is 804. The van der Waals surface area contributed by atoms with Crippen molar-refractivity contribution in [2.24, 2.45) is 0 Å². The molecule has 21 heavy (non-hydrogen) atoms. The zero-order valence-electron chi connectivity index (χ0n) is 12.5. The van der Waals surface area contributed by atoms with Gasteiger partial charge in [0.2, 0.25) is 0 Å². The smallest absolute Gasteiger partial charge is 0.0534 e. The van der Waals surface area contributed by atoms with Crippen LogP contribution in [0.15, 0.2) is 72.8 Å². The molecule has 2 aromatic carbocycles. The van der Waals surface area contributed by atoms with E-state index in [2.05, 4.69) is 84.3 Å². The average molecular weight is 273 g/mol. The summed E-state index contributed by atoms with van der Waals surface area (Å²) in [6.45, 7) is 4.16. The zero-order chi connectivity index (χ0) is 14.7. The van der Waals surface area contributed by atoms with Gasteiger partial charge in [0.25, 0.3) is 0 Å². The average Bonchev–Trinajstić information content (AvgIpc) is 2.85. The number of nitrogens with zero attached hydrogens (tertiary/aromatic N) is 1. The molecule has 0 aliphatic rings. The second-order valence-corrected chi connectivity index (χ2v) is 5.19. The van der Waals surface area contributed by atoms with Crippen LogP contribution in [-0.2, 0) is 0 Å². The van der Waals surface area contributed by atoms with Crippen molar-refractivity contribution >= 4 is 17.0 Å². The number of hydrogen-bond donors (Lipinski definition) is 0. The monoisotopic (exact) mass is 273 g/mol. The van der Waals surface area contributed by atoms with Crippen LogP contribution < -0.4 is 0 Å². The third kappa shape index (κ3) is 2.68. The molecular weight excluding hydrogens is 254 g/mol. The zero-order valence-corrected chi connectivity index (χ0v) is 12.5. The Morgan fingerprint density at radius 1 is 0.905 bits per heavy atom. The van der Waals surface area contributed by atoms with Crippen LogP contribution in [0.5, 0.6) is 0 Å². The Hall–Kier alpha value is -2.54. The van der Waals surface area contributed by atoms with Crippen LogP contribution in [-0.4, -0.2) is 4.57 Å². The fourth-order valence-corrected chi connectivity index (χ4v) is 2.61. The summed E-state index contributed by atoms with van der Waals surface area (Å²) >= 11 is 0. The molecule has 1 aromatic heterocycles. The van der Waals surface area contributed by atoms with Crippen molar-refractivity contribution in [3.8, 4) is 5.69 Å². The van der Waals surface area contributed by atoms with Crippen LogP contribution in [0.4, 0.5) is 0 Å². The lowest BCUT2D eigenvalue weighted by atomic mass is 10.2. The van der Waals surface area contributed by atoms with Crippen molar-refractivity contribution in [3.05, 3.63) is 84.1 Å². The minimum Gasteiger partial charge on any atom is -0.310 e. The van der Waals surface area contributed by atoms with Crippen LogP contribution >= 0.6 is 0 Å². The summed E-state index contributed by atoms with van der Waals surface area (Å²) in [5.74, 6) is 0. The lowest BCUT2D eigenvalue weighted by Crippen LogP contribution is -1.95. The Balaban J connectivity index is 2.25. The first-order valence-corrected chi connectivity index (χ1v) is 7.26. The van der Waals surface area contributed by atoms with E-state index in [1.165, 1.54) is 27.8 Å². The van der Waals surface area contributed by atoms with Gasteiger partial charge in [-0.15, -0.1) is 0 Å². The highest BCUT2D eigenvalue weighted by Gasteiger charge is 2.08. The lowest BCUT2D eigenvalue weighted by molar-refractivity contribution is 1.11. The minimum absolute atomic E-state index is 1.19. The molecule has 104 valence electrons. The molecule has 1 nitrogen and oxygen atoms in total. The Labute approximate surface area is 125 Å². The number of aromatic nitrogens is 1. The first kappa shape index (κ1) is 13.4. The van der Waals surface area contributed by atoms with E-state index in [9.17, 15) is 0 Å². The molecule has 0 unspecified atom stereocenters. The topological polar surface area (TPSA) is 4.93 Å². The molecule has 0 atom stereocenters. The molecular formula is C20H19N. The van der Waals surface area contributed by atoms with Crippen molar-refractivity contribution in [1.82, 2.24) is 4.57 Å². The number of benzene rings is 2. The molecule has 0 aliphatic heterocycles. The Morgan fingerprint density at radius 3 is 2.48 bits per heavy atom. The molecule has 1 heterocycles. The van der Waals surface area contributed by atoms with Gasteiger partial charge in [-0.2, -0.15) is 0 Å². The number of para-hydroxylation sites is 1. The molecule has 1 heteroatoms. The van der Waals surface area contributed by atoms with Gasteiger partial charge in [-0.05, 0) is 50.3 Å².